The van der Waals surface area contributed by atoms with Crippen molar-refractivity contribution in [2.24, 2.45) is 0 Å². The van der Waals surface area contributed by atoms with Crippen molar-refractivity contribution in [2.45, 2.75) is 13.5 Å². The molecule has 7 nitrogen and oxygen atoms in total. The molecule has 142 valence electrons. The van der Waals surface area contributed by atoms with Gasteiger partial charge in [0.05, 0.1) is 32.3 Å². The largest absolute Gasteiger partial charge is 0.493 e. The summed E-state index contributed by atoms with van der Waals surface area (Å²) >= 11 is 0. The molecule has 4 aromatic rings. The molecule has 4 rings (SSSR count). The summed E-state index contributed by atoms with van der Waals surface area (Å²) in [4.78, 5) is 25.1. The molecule has 0 saturated heterocycles. The van der Waals surface area contributed by atoms with E-state index in [1.165, 1.54) is 25.0 Å². The predicted molar refractivity (Wildman–Crippen MR) is 105 cm³/mol. The molecule has 0 N–H and O–H groups in total. The molecule has 0 atom stereocenters. The number of ether oxygens (including phenoxy) is 2. The van der Waals surface area contributed by atoms with Crippen LogP contribution < -0.4 is 20.7 Å². The van der Waals surface area contributed by atoms with Crippen molar-refractivity contribution in [2.75, 3.05) is 14.2 Å². The molecule has 0 aliphatic heterocycles. The Morgan fingerprint density at radius 3 is 2.64 bits per heavy atom. The van der Waals surface area contributed by atoms with Gasteiger partial charge in [0.2, 0.25) is 0 Å². The molecular weight excluding hydrogens is 360 g/mol. The number of benzene rings is 2. The molecule has 0 spiro atoms. The number of hydrogen-bond acceptors (Lipinski definition) is 6. The smallest absolute Gasteiger partial charge is 0.336 e. The highest BCUT2D eigenvalue weighted by atomic mass is 16.5. The van der Waals surface area contributed by atoms with Crippen LogP contribution in [-0.2, 0) is 6.54 Å². The second-order valence-electron chi connectivity index (χ2n) is 6.46. The van der Waals surface area contributed by atoms with Gasteiger partial charge in [0.1, 0.15) is 5.58 Å². The van der Waals surface area contributed by atoms with Crippen molar-refractivity contribution < 1.29 is 13.9 Å². The molecule has 0 aliphatic rings. The summed E-state index contributed by atoms with van der Waals surface area (Å²) in [5, 5.41) is 6.04. The first-order chi connectivity index (χ1) is 13.5. The number of fused-ring (bicyclic) bond motifs is 2. The van der Waals surface area contributed by atoms with Crippen molar-refractivity contribution in [3.05, 3.63) is 74.5 Å². The maximum absolute atomic E-state index is 13.1. The lowest BCUT2D eigenvalue weighted by Crippen LogP contribution is -2.24. The quantitative estimate of drug-likeness (QED) is 0.508. The Morgan fingerprint density at radius 2 is 1.89 bits per heavy atom. The van der Waals surface area contributed by atoms with Crippen LogP contribution in [0.5, 0.6) is 11.5 Å². The van der Waals surface area contributed by atoms with Gasteiger partial charge in [-0.25, -0.2) is 9.48 Å². The van der Waals surface area contributed by atoms with E-state index >= 15 is 0 Å². The minimum absolute atomic E-state index is 0.125. The molecule has 0 radical (unpaired) electrons. The number of aryl methyl sites for hydroxylation is 1. The lowest BCUT2D eigenvalue weighted by molar-refractivity contribution is 0.358. The van der Waals surface area contributed by atoms with E-state index in [1.807, 2.05) is 19.1 Å². The third kappa shape index (κ3) is 2.90. The SMILES string of the molecule is COc1ccc2cnn(Cc3cc(=O)oc4cc(C)ccc34)c(=O)c2c1OC. The third-order valence-electron chi connectivity index (χ3n) is 4.67. The Morgan fingerprint density at radius 1 is 1.07 bits per heavy atom. The zero-order chi connectivity index (χ0) is 19.8. The molecule has 2 heterocycles. The maximum Gasteiger partial charge on any atom is 0.336 e. The molecule has 0 saturated carbocycles. The number of rotatable bonds is 4. The zero-order valence-corrected chi connectivity index (χ0v) is 15.7. The van der Waals surface area contributed by atoms with Crippen LogP contribution in [0, 0.1) is 6.92 Å². The van der Waals surface area contributed by atoms with E-state index in [0.717, 1.165) is 10.9 Å². The Bertz CT molecular complexity index is 1320. The van der Waals surface area contributed by atoms with Crippen LogP contribution in [0.25, 0.3) is 21.7 Å². The molecule has 0 fully saturated rings. The molecular formula is C21H18N2O5. The highest BCUT2D eigenvalue weighted by Crippen LogP contribution is 2.32. The van der Waals surface area contributed by atoms with Gasteiger partial charge in [-0.1, -0.05) is 12.1 Å². The van der Waals surface area contributed by atoms with Gasteiger partial charge < -0.3 is 13.9 Å². The predicted octanol–water partition coefficient (Wildman–Crippen LogP) is 2.88. The molecule has 2 aromatic carbocycles. The van der Waals surface area contributed by atoms with E-state index in [9.17, 15) is 9.59 Å². The van der Waals surface area contributed by atoms with E-state index in [2.05, 4.69) is 5.10 Å². The third-order valence-corrected chi connectivity index (χ3v) is 4.67. The van der Waals surface area contributed by atoms with Crippen LogP contribution in [-0.4, -0.2) is 24.0 Å². The van der Waals surface area contributed by atoms with Crippen molar-refractivity contribution in [3.8, 4) is 11.5 Å². The number of nitrogens with zero attached hydrogens (tertiary/aromatic N) is 2. The summed E-state index contributed by atoms with van der Waals surface area (Å²) < 4.78 is 17.3. The van der Waals surface area contributed by atoms with Gasteiger partial charge >= 0.3 is 5.63 Å². The number of methoxy groups -OCH3 is 2. The molecule has 0 unspecified atom stereocenters. The molecule has 7 heteroatoms. The van der Waals surface area contributed by atoms with Gasteiger partial charge in [-0.15, -0.1) is 0 Å². The fourth-order valence-electron chi connectivity index (χ4n) is 3.33. The Labute approximate surface area is 159 Å². The Hall–Kier alpha value is -3.61. The summed E-state index contributed by atoms with van der Waals surface area (Å²) in [6.45, 7) is 2.04. The van der Waals surface area contributed by atoms with E-state index in [-0.39, 0.29) is 12.1 Å². The Balaban J connectivity index is 1.92. The average molecular weight is 378 g/mol. The molecule has 0 bridgehead atoms. The number of aromatic nitrogens is 2. The van der Waals surface area contributed by atoms with Crippen molar-refractivity contribution in [3.63, 3.8) is 0 Å². The second-order valence-corrected chi connectivity index (χ2v) is 6.46. The van der Waals surface area contributed by atoms with Crippen LogP contribution in [0.4, 0.5) is 0 Å². The van der Waals surface area contributed by atoms with E-state index in [4.69, 9.17) is 13.9 Å². The molecule has 2 aromatic heterocycles. The lowest BCUT2D eigenvalue weighted by Gasteiger charge is -2.12. The molecule has 28 heavy (non-hydrogen) atoms. The minimum Gasteiger partial charge on any atom is -0.493 e. The van der Waals surface area contributed by atoms with Crippen LogP contribution in [0.15, 0.2) is 56.6 Å². The second kappa shape index (κ2) is 6.84. The van der Waals surface area contributed by atoms with Crippen LogP contribution in [0.3, 0.4) is 0 Å². The lowest BCUT2D eigenvalue weighted by atomic mass is 10.1. The van der Waals surface area contributed by atoms with Gasteiger partial charge in [0.15, 0.2) is 11.5 Å². The molecule has 0 amide bonds. The van der Waals surface area contributed by atoms with E-state index in [1.54, 1.807) is 24.4 Å². The molecule has 0 aliphatic carbocycles. The van der Waals surface area contributed by atoms with Crippen LogP contribution in [0.1, 0.15) is 11.1 Å². The van der Waals surface area contributed by atoms with Crippen LogP contribution in [0.2, 0.25) is 0 Å². The summed E-state index contributed by atoms with van der Waals surface area (Å²) in [5.41, 5.74) is 1.31. The van der Waals surface area contributed by atoms with Crippen molar-refractivity contribution >= 4 is 21.7 Å². The highest BCUT2D eigenvalue weighted by molar-refractivity contribution is 5.89. The summed E-state index contributed by atoms with van der Waals surface area (Å²) in [5.74, 6) is 0.820. The fraction of sp³-hybridized carbons (Fsp3) is 0.190. The van der Waals surface area contributed by atoms with E-state index < -0.39 is 5.63 Å². The minimum atomic E-state index is -0.471. The van der Waals surface area contributed by atoms with E-state index in [0.29, 0.717) is 33.4 Å². The van der Waals surface area contributed by atoms with Gasteiger partial charge in [0.25, 0.3) is 5.56 Å². The number of hydrogen-bond donors (Lipinski definition) is 0. The first kappa shape index (κ1) is 17.8. The summed E-state index contributed by atoms with van der Waals surface area (Å²) in [6, 6.07) is 10.5. The van der Waals surface area contributed by atoms with Gasteiger partial charge in [0, 0.05) is 16.8 Å². The first-order valence-corrected chi connectivity index (χ1v) is 8.66. The normalized spacial score (nSPS) is 11.1. The van der Waals surface area contributed by atoms with Gasteiger partial charge in [-0.2, -0.15) is 5.10 Å². The standard InChI is InChI=1S/C21H18N2O5/c1-12-4-6-15-14(9-18(24)28-17(15)8-12)11-23-21(25)19-13(10-22-23)5-7-16(26-2)20(19)27-3/h4-10H,11H2,1-3H3. The summed E-state index contributed by atoms with van der Waals surface area (Å²) in [7, 11) is 3.00. The fourth-order valence-corrected chi connectivity index (χ4v) is 3.33. The maximum atomic E-state index is 13.1. The monoisotopic (exact) mass is 378 g/mol. The summed E-state index contributed by atoms with van der Waals surface area (Å²) in [6.07, 6.45) is 1.59. The first-order valence-electron chi connectivity index (χ1n) is 8.66. The van der Waals surface area contributed by atoms with Crippen LogP contribution >= 0.6 is 0 Å². The highest BCUT2D eigenvalue weighted by Gasteiger charge is 2.16. The Kier molecular flexibility index (Phi) is 4.35. The van der Waals surface area contributed by atoms with Crippen molar-refractivity contribution in [1.82, 2.24) is 9.78 Å². The van der Waals surface area contributed by atoms with Gasteiger partial charge in [-0.3, -0.25) is 4.79 Å². The van der Waals surface area contributed by atoms with Gasteiger partial charge in [-0.05, 0) is 36.2 Å². The zero-order valence-electron chi connectivity index (χ0n) is 15.7. The van der Waals surface area contributed by atoms with Crippen molar-refractivity contribution in [1.29, 1.82) is 0 Å². The average Bonchev–Trinajstić information content (AvgIpc) is 2.68. The topological polar surface area (TPSA) is 83.6 Å².